The third kappa shape index (κ3) is 6.24. The summed E-state index contributed by atoms with van der Waals surface area (Å²) in [5.74, 6) is 0.576. The highest BCUT2D eigenvalue weighted by Gasteiger charge is 2.54. The van der Waals surface area contributed by atoms with Crippen LogP contribution in [0, 0.1) is 0 Å². The molecule has 0 N–H and O–H groups in total. The van der Waals surface area contributed by atoms with E-state index in [1.165, 1.54) is 96.4 Å². The minimum Gasteiger partial charge on any atom is -0.468 e. The molecule has 0 amide bonds. The van der Waals surface area contributed by atoms with Crippen molar-refractivity contribution in [3.8, 4) is 0 Å². The SMILES string of the molecule is CC1=CC2=C3B(c4cc5c(cc4N2c2ccc4c(c2)C(C)(C)CCC4(C)C)C(C)(C)CCC5(C)C)c2oc4cc5c(cc4c2N(c2coc4oc6c(C(C)(C)C)cccc6c24)C3C1)C(C)(C)CCC5(C)C. The van der Waals surface area contributed by atoms with E-state index in [0.29, 0.717) is 5.78 Å². The van der Waals surface area contributed by atoms with E-state index in [1.807, 2.05) is 6.26 Å². The Morgan fingerprint density at radius 2 is 1.18 bits per heavy atom. The highest BCUT2D eigenvalue weighted by molar-refractivity contribution is 6.93. The molecule has 0 radical (unpaired) electrons. The van der Waals surface area contributed by atoms with Crippen LogP contribution in [0.15, 0.2) is 103 Å². The van der Waals surface area contributed by atoms with Crippen LogP contribution in [0.3, 0.4) is 0 Å². The van der Waals surface area contributed by atoms with Crippen LogP contribution >= 0.6 is 0 Å². The van der Waals surface area contributed by atoms with Gasteiger partial charge in [0.1, 0.15) is 17.4 Å². The second kappa shape index (κ2) is 14.0. The molecule has 0 fully saturated rings. The highest BCUT2D eigenvalue weighted by Crippen LogP contribution is 2.57. The Balaban J connectivity index is 1.17. The summed E-state index contributed by atoms with van der Waals surface area (Å²) in [5, 5.41) is 3.32. The van der Waals surface area contributed by atoms with Gasteiger partial charge in [-0.3, -0.25) is 0 Å². The highest BCUT2D eigenvalue weighted by atomic mass is 16.5. The van der Waals surface area contributed by atoms with E-state index in [1.54, 1.807) is 0 Å². The van der Waals surface area contributed by atoms with Gasteiger partial charge in [-0.2, -0.15) is 0 Å². The smallest absolute Gasteiger partial charge is 0.300 e. The number of allylic oxidation sites excluding steroid dienone is 1. The van der Waals surface area contributed by atoms with Crippen LogP contribution in [0.4, 0.5) is 22.7 Å². The van der Waals surface area contributed by atoms with Crippen molar-refractivity contribution in [1.82, 2.24) is 0 Å². The van der Waals surface area contributed by atoms with Gasteiger partial charge in [-0.05, 0) is 170 Å². The molecule has 5 heterocycles. The molecule has 4 aliphatic carbocycles. The molecule has 5 nitrogen and oxygen atoms in total. The number of anilines is 4. The van der Waals surface area contributed by atoms with Gasteiger partial charge in [0, 0.05) is 33.4 Å². The summed E-state index contributed by atoms with van der Waals surface area (Å²) >= 11 is 0. The summed E-state index contributed by atoms with van der Waals surface area (Å²) in [4.78, 5) is 5.35. The molecule has 366 valence electrons. The molecule has 1 unspecified atom stereocenters. The Kier molecular flexibility index (Phi) is 8.99. The first-order valence-electron chi connectivity index (χ1n) is 27.1. The molecule has 0 bridgehead atoms. The molecule has 71 heavy (non-hydrogen) atoms. The lowest BCUT2D eigenvalue weighted by atomic mass is 9.33. The molecular weight excluding hydrogens is 868 g/mol. The van der Waals surface area contributed by atoms with E-state index in [2.05, 4.69) is 187 Å². The Hall–Kier alpha value is -5.36. The van der Waals surface area contributed by atoms with E-state index in [4.69, 9.17) is 13.3 Å². The lowest BCUT2D eigenvalue weighted by Crippen LogP contribution is -2.61. The summed E-state index contributed by atoms with van der Waals surface area (Å²) in [5.41, 5.74) is 23.2. The van der Waals surface area contributed by atoms with Crippen LogP contribution in [0.1, 0.15) is 195 Å². The monoisotopic (exact) mass is 943 g/mol. The van der Waals surface area contributed by atoms with Crippen molar-refractivity contribution in [2.75, 3.05) is 9.80 Å². The maximum Gasteiger partial charge on any atom is 0.300 e. The van der Waals surface area contributed by atoms with Crippen LogP contribution in [0.2, 0.25) is 0 Å². The zero-order valence-electron chi connectivity index (χ0n) is 45.7. The number of furan rings is 3. The molecule has 0 spiro atoms. The van der Waals surface area contributed by atoms with Gasteiger partial charge in [-0.15, -0.1) is 0 Å². The van der Waals surface area contributed by atoms with Gasteiger partial charge in [-0.1, -0.05) is 140 Å². The van der Waals surface area contributed by atoms with Gasteiger partial charge < -0.3 is 23.1 Å². The lowest BCUT2D eigenvalue weighted by Gasteiger charge is -2.50. The largest absolute Gasteiger partial charge is 0.468 e. The Labute approximate surface area is 423 Å². The van der Waals surface area contributed by atoms with Crippen molar-refractivity contribution in [2.24, 2.45) is 0 Å². The van der Waals surface area contributed by atoms with Gasteiger partial charge in [0.15, 0.2) is 0 Å². The minimum absolute atomic E-state index is 0.0200. The fourth-order valence-electron chi connectivity index (χ4n) is 14.8. The van der Waals surface area contributed by atoms with Crippen molar-refractivity contribution < 1.29 is 13.3 Å². The maximum atomic E-state index is 7.74. The van der Waals surface area contributed by atoms with Gasteiger partial charge >= 0.3 is 0 Å². The predicted octanol–water partition coefficient (Wildman–Crippen LogP) is 16.7. The zero-order chi connectivity index (χ0) is 50.1. The number of para-hydroxylation sites is 1. The van der Waals surface area contributed by atoms with E-state index < -0.39 is 0 Å². The van der Waals surface area contributed by atoms with Crippen LogP contribution in [0.5, 0.6) is 0 Å². The molecule has 4 aromatic carbocycles. The van der Waals surface area contributed by atoms with Gasteiger partial charge in [-0.25, -0.2) is 0 Å². The van der Waals surface area contributed by atoms with E-state index in [-0.39, 0.29) is 50.7 Å². The van der Waals surface area contributed by atoms with Crippen LogP contribution in [0.25, 0.3) is 33.1 Å². The van der Waals surface area contributed by atoms with E-state index >= 15 is 0 Å². The molecular formula is C65H75BN2O3. The van der Waals surface area contributed by atoms with Crippen molar-refractivity contribution >= 4 is 73.7 Å². The average Bonchev–Trinajstić information content (AvgIpc) is 3.99. The molecule has 6 heteroatoms. The topological polar surface area (TPSA) is 45.9 Å². The zero-order valence-corrected chi connectivity index (χ0v) is 45.7. The van der Waals surface area contributed by atoms with Crippen LogP contribution in [-0.4, -0.2) is 12.8 Å². The first-order valence-corrected chi connectivity index (χ1v) is 27.1. The fraction of sp³-hybridized carbons (Fsp3) is 0.477. The number of benzene rings is 4. The number of fused-ring (bicyclic) bond motifs is 12. The molecule has 6 aliphatic rings. The third-order valence-corrected chi connectivity index (χ3v) is 19.5. The summed E-state index contributed by atoms with van der Waals surface area (Å²) in [6.07, 6.45) is 12.4. The first-order chi connectivity index (χ1) is 33.2. The molecule has 0 saturated heterocycles. The van der Waals surface area contributed by atoms with Crippen LogP contribution in [-0.2, 0) is 37.9 Å². The quantitative estimate of drug-likeness (QED) is 0.162. The van der Waals surface area contributed by atoms with Crippen molar-refractivity contribution in [2.45, 2.75) is 200 Å². The van der Waals surface area contributed by atoms with E-state index in [9.17, 15) is 0 Å². The summed E-state index contributed by atoms with van der Waals surface area (Å²) in [7, 11) is 0. The third-order valence-electron chi connectivity index (χ3n) is 19.5. The number of rotatable bonds is 2. The maximum absolute atomic E-state index is 7.74. The molecule has 7 aromatic rings. The molecule has 0 saturated carbocycles. The fourth-order valence-corrected chi connectivity index (χ4v) is 14.8. The Morgan fingerprint density at radius 1 is 0.606 bits per heavy atom. The van der Waals surface area contributed by atoms with Crippen molar-refractivity contribution in [3.05, 3.63) is 129 Å². The molecule has 13 rings (SSSR count). The molecule has 3 aromatic heterocycles. The normalized spacial score (nSPS) is 23.0. The Morgan fingerprint density at radius 3 is 1.82 bits per heavy atom. The standard InChI is InChI=1S/C65H75BN2O3/c1-36-28-49-54-50(29-36)68(51-35-69-58-53(51)38-18-17-19-41(56(38)71-58)59(2,3)4)55-39-31-43-46(65(15,16)27-24-62(43,9)10)34-52(39)70-57(55)66(54)47-32-44-45(64(13,14)26-25-63(44,11)12)33-48(47)67(49)37-20-21-40-42(30-37)61(7,8)23-22-60(40,5)6/h17-21,28,30-35,50H,22-27,29H2,1-16H3. The van der Waals surface area contributed by atoms with Crippen LogP contribution < -0.4 is 20.9 Å². The summed E-state index contributed by atoms with van der Waals surface area (Å²) in [6, 6.07) is 24.4. The van der Waals surface area contributed by atoms with Gasteiger partial charge in [0.2, 0.25) is 0 Å². The molecule has 1 atom stereocenters. The lowest BCUT2D eigenvalue weighted by molar-refractivity contribution is 0.332. The van der Waals surface area contributed by atoms with Gasteiger partial charge in [0.05, 0.1) is 28.5 Å². The average molecular weight is 943 g/mol. The number of nitrogens with zero attached hydrogens (tertiary/aromatic N) is 2. The summed E-state index contributed by atoms with van der Waals surface area (Å²) < 4.78 is 21.2. The van der Waals surface area contributed by atoms with Crippen molar-refractivity contribution in [3.63, 3.8) is 0 Å². The second-order valence-corrected chi connectivity index (χ2v) is 28.2. The van der Waals surface area contributed by atoms with E-state index in [0.717, 1.165) is 65.4 Å². The molecule has 2 aliphatic heterocycles. The van der Waals surface area contributed by atoms with Crippen molar-refractivity contribution in [1.29, 1.82) is 0 Å². The summed E-state index contributed by atoms with van der Waals surface area (Å²) in [6.45, 7) is 38.6. The number of hydrogen-bond donors (Lipinski definition) is 0. The number of hydrogen-bond acceptors (Lipinski definition) is 5. The Bertz CT molecular complexity index is 3550. The first kappa shape index (κ1) is 45.5. The second-order valence-electron chi connectivity index (χ2n) is 28.2. The van der Waals surface area contributed by atoms with Gasteiger partial charge in [0.25, 0.3) is 12.5 Å². The predicted molar refractivity (Wildman–Crippen MR) is 298 cm³/mol. The minimum atomic E-state index is -0.116.